The number of aromatic amines is 1. The Labute approximate surface area is 243 Å². The van der Waals surface area contributed by atoms with Crippen LogP contribution in [0.3, 0.4) is 0 Å². The van der Waals surface area contributed by atoms with Crippen LogP contribution in [0.15, 0.2) is 41.3 Å². The standard InChI is InChI=1S/C30H36N2O10/c1-7-41-22-11-17(9-10-21(22)37-3)15-31-25(33)14-19(18-12-23(38-4)28(40-6)24(13-18)39-5)26-27(34)20(16-32-29(26)35)30(36)42-8-2/h9-13,16,19H,7-8,14-15H2,1-6H3,(H,31,33)(H2,32,34,35). The Hall–Kier alpha value is -4.87. The molecule has 3 N–H and O–H groups in total. The van der Waals surface area contributed by atoms with Crippen molar-refractivity contribution in [2.24, 2.45) is 0 Å². The lowest BCUT2D eigenvalue weighted by Crippen LogP contribution is -2.28. The molecule has 2 aromatic carbocycles. The molecule has 1 amide bonds. The maximum Gasteiger partial charge on any atom is 0.343 e. The van der Waals surface area contributed by atoms with E-state index in [9.17, 15) is 19.5 Å². The average molecular weight is 585 g/mol. The second-order valence-corrected chi connectivity index (χ2v) is 8.92. The topological polar surface area (TPSA) is 155 Å². The third kappa shape index (κ3) is 7.06. The number of rotatable bonds is 14. The zero-order chi connectivity index (χ0) is 30.8. The highest BCUT2D eigenvalue weighted by Crippen LogP contribution is 2.43. The Kier molecular flexibility index (Phi) is 11.1. The first-order chi connectivity index (χ1) is 20.2. The van der Waals surface area contributed by atoms with E-state index >= 15 is 0 Å². The number of nitrogens with one attached hydrogen (secondary N) is 2. The van der Waals surface area contributed by atoms with Gasteiger partial charge in [-0.3, -0.25) is 9.59 Å². The van der Waals surface area contributed by atoms with Crippen molar-refractivity contribution in [1.29, 1.82) is 0 Å². The van der Waals surface area contributed by atoms with Gasteiger partial charge in [-0.15, -0.1) is 0 Å². The highest BCUT2D eigenvalue weighted by Gasteiger charge is 2.30. The van der Waals surface area contributed by atoms with E-state index in [-0.39, 0.29) is 42.2 Å². The van der Waals surface area contributed by atoms with Gasteiger partial charge in [-0.2, -0.15) is 0 Å². The highest BCUT2D eigenvalue weighted by atomic mass is 16.5. The number of benzene rings is 2. The lowest BCUT2D eigenvalue weighted by molar-refractivity contribution is -0.121. The number of amides is 1. The van der Waals surface area contributed by atoms with E-state index in [1.54, 1.807) is 37.3 Å². The largest absolute Gasteiger partial charge is 0.506 e. The van der Waals surface area contributed by atoms with Gasteiger partial charge in [0.1, 0.15) is 11.3 Å². The van der Waals surface area contributed by atoms with Crippen LogP contribution in [0.4, 0.5) is 0 Å². The zero-order valence-electron chi connectivity index (χ0n) is 24.5. The number of aromatic nitrogens is 1. The van der Waals surface area contributed by atoms with Crippen LogP contribution in [-0.2, 0) is 16.1 Å². The van der Waals surface area contributed by atoms with E-state index < -0.39 is 29.1 Å². The van der Waals surface area contributed by atoms with Crippen LogP contribution in [0.5, 0.6) is 34.5 Å². The second-order valence-electron chi connectivity index (χ2n) is 8.92. The van der Waals surface area contributed by atoms with Gasteiger partial charge < -0.3 is 43.8 Å². The molecular formula is C30H36N2O10. The Morgan fingerprint density at radius 3 is 2.14 bits per heavy atom. The summed E-state index contributed by atoms with van der Waals surface area (Å²) in [6.07, 6.45) is 0.793. The van der Waals surface area contributed by atoms with Crippen LogP contribution in [0, 0.1) is 0 Å². The van der Waals surface area contributed by atoms with Gasteiger partial charge in [0.15, 0.2) is 23.0 Å². The zero-order valence-corrected chi connectivity index (χ0v) is 24.5. The first kappa shape index (κ1) is 31.7. The number of aromatic hydroxyl groups is 1. The summed E-state index contributed by atoms with van der Waals surface area (Å²) in [6, 6.07) is 8.44. The summed E-state index contributed by atoms with van der Waals surface area (Å²) in [5, 5.41) is 14.0. The molecule has 0 saturated carbocycles. The van der Waals surface area contributed by atoms with Gasteiger partial charge in [-0.1, -0.05) is 6.07 Å². The Morgan fingerprint density at radius 2 is 1.57 bits per heavy atom. The van der Waals surface area contributed by atoms with E-state index in [1.165, 1.54) is 28.4 Å². The summed E-state index contributed by atoms with van der Waals surface area (Å²) >= 11 is 0. The SMILES string of the molecule is CCOC(=O)c1c[nH]c(=O)c(C(CC(=O)NCc2ccc(OC)c(OCC)c2)c2cc(OC)c(OC)c(OC)c2)c1O. The third-order valence-corrected chi connectivity index (χ3v) is 6.44. The molecule has 1 aromatic heterocycles. The maximum atomic E-state index is 13.3. The monoisotopic (exact) mass is 584 g/mol. The number of H-pyrrole nitrogens is 1. The Bertz CT molecular complexity index is 1440. The van der Waals surface area contributed by atoms with Gasteiger partial charge >= 0.3 is 5.97 Å². The van der Waals surface area contributed by atoms with Crippen molar-refractivity contribution in [3.63, 3.8) is 0 Å². The third-order valence-electron chi connectivity index (χ3n) is 6.44. The molecule has 0 bridgehead atoms. The number of esters is 1. The fraction of sp³-hybridized carbons (Fsp3) is 0.367. The highest BCUT2D eigenvalue weighted by molar-refractivity contribution is 5.92. The molecule has 0 saturated heterocycles. The predicted octanol–water partition coefficient (Wildman–Crippen LogP) is 3.53. The molecule has 12 nitrogen and oxygen atoms in total. The molecule has 0 radical (unpaired) electrons. The van der Waals surface area contributed by atoms with Gasteiger partial charge in [0.2, 0.25) is 11.7 Å². The van der Waals surface area contributed by atoms with Crippen molar-refractivity contribution in [3.05, 3.63) is 69.1 Å². The van der Waals surface area contributed by atoms with Gasteiger partial charge in [0.25, 0.3) is 5.56 Å². The molecule has 1 heterocycles. The predicted molar refractivity (Wildman–Crippen MR) is 153 cm³/mol. The molecule has 0 spiro atoms. The van der Waals surface area contributed by atoms with Crippen molar-refractivity contribution in [3.8, 4) is 34.5 Å². The molecule has 0 aliphatic rings. The lowest BCUT2D eigenvalue weighted by atomic mass is 9.87. The van der Waals surface area contributed by atoms with Crippen LogP contribution in [0.2, 0.25) is 0 Å². The lowest BCUT2D eigenvalue weighted by Gasteiger charge is -2.22. The van der Waals surface area contributed by atoms with Crippen molar-refractivity contribution in [1.82, 2.24) is 10.3 Å². The summed E-state index contributed by atoms with van der Waals surface area (Å²) in [6.45, 7) is 4.11. The first-order valence-corrected chi connectivity index (χ1v) is 13.2. The summed E-state index contributed by atoms with van der Waals surface area (Å²) in [7, 11) is 5.84. The summed E-state index contributed by atoms with van der Waals surface area (Å²) in [4.78, 5) is 41.5. The van der Waals surface area contributed by atoms with Crippen molar-refractivity contribution < 1.29 is 43.1 Å². The van der Waals surface area contributed by atoms with Gasteiger partial charge in [0, 0.05) is 25.1 Å². The van der Waals surface area contributed by atoms with Crippen molar-refractivity contribution in [2.45, 2.75) is 32.7 Å². The Morgan fingerprint density at radius 1 is 0.905 bits per heavy atom. The minimum Gasteiger partial charge on any atom is -0.506 e. The van der Waals surface area contributed by atoms with E-state index in [4.69, 9.17) is 28.4 Å². The first-order valence-electron chi connectivity index (χ1n) is 13.2. The normalized spacial score (nSPS) is 11.3. The number of pyridine rings is 1. The fourth-order valence-electron chi connectivity index (χ4n) is 4.47. The molecule has 226 valence electrons. The van der Waals surface area contributed by atoms with Crippen molar-refractivity contribution >= 4 is 11.9 Å². The molecule has 3 aromatic rings. The molecular weight excluding hydrogens is 548 g/mol. The number of carbonyl (C=O) groups is 2. The van der Waals surface area contributed by atoms with E-state index in [0.29, 0.717) is 29.4 Å². The van der Waals surface area contributed by atoms with Gasteiger partial charge in [0.05, 0.1) is 47.2 Å². The molecule has 12 heteroatoms. The molecule has 0 aliphatic carbocycles. The molecule has 42 heavy (non-hydrogen) atoms. The fourth-order valence-corrected chi connectivity index (χ4v) is 4.47. The molecule has 0 aliphatic heterocycles. The minimum absolute atomic E-state index is 0.0574. The summed E-state index contributed by atoms with van der Waals surface area (Å²) < 4.78 is 32.3. The van der Waals surface area contributed by atoms with Gasteiger partial charge in [-0.25, -0.2) is 4.79 Å². The second kappa shape index (κ2) is 14.7. The smallest absolute Gasteiger partial charge is 0.343 e. The number of ether oxygens (including phenoxy) is 6. The summed E-state index contributed by atoms with van der Waals surface area (Å²) in [5.41, 5.74) is 0.00845. The quantitative estimate of drug-likeness (QED) is 0.240. The number of hydrogen-bond donors (Lipinski definition) is 3. The Balaban J connectivity index is 2.05. The maximum absolute atomic E-state index is 13.3. The van der Waals surface area contributed by atoms with Gasteiger partial charge in [-0.05, 0) is 49.2 Å². The van der Waals surface area contributed by atoms with Crippen LogP contribution >= 0.6 is 0 Å². The van der Waals surface area contributed by atoms with E-state index in [1.807, 2.05) is 6.92 Å². The molecule has 1 atom stereocenters. The van der Waals surface area contributed by atoms with E-state index in [0.717, 1.165) is 11.8 Å². The van der Waals surface area contributed by atoms with E-state index in [2.05, 4.69) is 10.3 Å². The van der Waals surface area contributed by atoms with Crippen LogP contribution < -0.4 is 34.6 Å². The van der Waals surface area contributed by atoms with Crippen LogP contribution in [-0.4, -0.2) is 63.6 Å². The molecule has 3 rings (SSSR count). The summed E-state index contributed by atoms with van der Waals surface area (Å²) in [5.74, 6) is -0.956. The number of carbonyl (C=O) groups excluding carboxylic acids is 2. The van der Waals surface area contributed by atoms with Crippen LogP contribution in [0.25, 0.3) is 0 Å². The number of methoxy groups -OCH3 is 4. The number of hydrogen-bond acceptors (Lipinski definition) is 10. The van der Waals surface area contributed by atoms with Crippen LogP contribution in [0.1, 0.15) is 53.2 Å². The molecule has 1 unspecified atom stereocenters. The average Bonchev–Trinajstić information content (AvgIpc) is 2.99. The minimum atomic E-state index is -1.04. The molecule has 0 fully saturated rings. The van der Waals surface area contributed by atoms with Crippen molar-refractivity contribution in [2.75, 3.05) is 41.7 Å².